The van der Waals surface area contributed by atoms with Crippen molar-refractivity contribution in [1.82, 2.24) is 5.32 Å². The van der Waals surface area contributed by atoms with Crippen LogP contribution in [0.2, 0.25) is 5.02 Å². The highest BCUT2D eigenvalue weighted by atomic mass is 35.5. The van der Waals surface area contributed by atoms with Gasteiger partial charge in [0.25, 0.3) is 0 Å². The van der Waals surface area contributed by atoms with Gasteiger partial charge in [-0.05, 0) is 24.3 Å². The molecule has 0 bridgehead atoms. The number of rotatable bonds is 5. The maximum absolute atomic E-state index is 12.6. The summed E-state index contributed by atoms with van der Waals surface area (Å²) in [5.74, 6) is -0.797. The fourth-order valence-corrected chi connectivity index (χ4v) is 1.38. The van der Waals surface area contributed by atoms with E-state index in [1.165, 1.54) is 24.3 Å². The number of nitrogens with one attached hydrogen (secondary N) is 1. The molecule has 0 aliphatic rings. The number of carbonyl (C=O) groups excluding carboxylic acids is 1. The van der Waals surface area contributed by atoms with E-state index in [-0.39, 0.29) is 12.1 Å². The van der Waals surface area contributed by atoms with Crippen LogP contribution in [0.3, 0.4) is 0 Å². The van der Waals surface area contributed by atoms with Gasteiger partial charge < -0.3 is 10.4 Å². The van der Waals surface area contributed by atoms with Crippen LogP contribution >= 0.6 is 11.6 Å². The fraction of sp³-hybridized carbons (Fsp3) is 0.250. The molecular formula is C12H11ClF3NO2. The van der Waals surface area contributed by atoms with Crippen LogP contribution in [0.5, 0.6) is 0 Å². The number of aliphatic hydroxyl groups excluding tert-OH is 1. The van der Waals surface area contributed by atoms with Crippen molar-refractivity contribution in [3.63, 3.8) is 0 Å². The number of aliphatic hydroxyl groups is 1. The summed E-state index contributed by atoms with van der Waals surface area (Å²) in [5.41, 5.74) is -1.10. The molecule has 19 heavy (non-hydrogen) atoms. The summed E-state index contributed by atoms with van der Waals surface area (Å²) < 4.78 is 37.8. The molecule has 7 heteroatoms. The van der Waals surface area contributed by atoms with Crippen LogP contribution in [-0.2, 0) is 0 Å². The van der Waals surface area contributed by atoms with Crippen LogP contribution in [-0.4, -0.2) is 30.2 Å². The molecule has 0 radical (unpaired) electrons. The van der Waals surface area contributed by atoms with Crippen molar-refractivity contribution in [2.24, 2.45) is 0 Å². The molecule has 0 atom stereocenters. The van der Waals surface area contributed by atoms with Crippen molar-refractivity contribution < 1.29 is 23.1 Å². The molecule has 0 fully saturated rings. The number of hydrogen-bond donors (Lipinski definition) is 2. The second kappa shape index (κ2) is 6.58. The molecular weight excluding hydrogens is 283 g/mol. The van der Waals surface area contributed by atoms with E-state index in [1.54, 1.807) is 0 Å². The lowest BCUT2D eigenvalue weighted by molar-refractivity contribution is -0.0969. The standard InChI is InChI=1S/C12H11ClF3NO2/c13-9-3-1-8(2-4-9)10(19)7-11(12(14,15)16)17-5-6-18/h1-4,7,17-18H,5-6H2. The Balaban J connectivity index is 2.94. The van der Waals surface area contributed by atoms with Crippen LogP contribution in [0.4, 0.5) is 13.2 Å². The lowest BCUT2D eigenvalue weighted by Crippen LogP contribution is -2.29. The number of ketones is 1. The third kappa shape index (κ3) is 4.92. The monoisotopic (exact) mass is 293 g/mol. The van der Waals surface area contributed by atoms with Gasteiger partial charge in [0.15, 0.2) is 5.78 Å². The minimum absolute atomic E-state index is 0.0944. The Hall–Kier alpha value is -1.53. The third-order valence-corrected chi connectivity index (χ3v) is 2.39. The van der Waals surface area contributed by atoms with Crippen molar-refractivity contribution in [3.05, 3.63) is 46.6 Å². The summed E-state index contributed by atoms with van der Waals surface area (Å²) in [7, 11) is 0. The van der Waals surface area contributed by atoms with E-state index in [0.717, 1.165) is 0 Å². The molecule has 104 valence electrons. The van der Waals surface area contributed by atoms with Gasteiger partial charge in [-0.1, -0.05) is 11.6 Å². The summed E-state index contributed by atoms with van der Waals surface area (Å²) in [4.78, 5) is 11.7. The Morgan fingerprint density at radius 2 is 1.89 bits per heavy atom. The first-order chi connectivity index (χ1) is 8.84. The van der Waals surface area contributed by atoms with E-state index in [9.17, 15) is 18.0 Å². The van der Waals surface area contributed by atoms with Gasteiger partial charge in [0.05, 0.1) is 6.61 Å². The van der Waals surface area contributed by atoms with E-state index >= 15 is 0 Å². The maximum atomic E-state index is 12.6. The summed E-state index contributed by atoms with van der Waals surface area (Å²) in [6, 6.07) is 5.50. The average molecular weight is 294 g/mol. The minimum atomic E-state index is -4.68. The van der Waals surface area contributed by atoms with Crippen molar-refractivity contribution in [3.8, 4) is 0 Å². The first-order valence-electron chi connectivity index (χ1n) is 5.28. The van der Waals surface area contributed by atoms with E-state index in [0.29, 0.717) is 11.1 Å². The van der Waals surface area contributed by atoms with Crippen molar-refractivity contribution in [1.29, 1.82) is 0 Å². The topological polar surface area (TPSA) is 49.3 Å². The lowest BCUT2D eigenvalue weighted by Gasteiger charge is -2.13. The SMILES string of the molecule is O=C(C=C(NCCO)C(F)(F)F)c1ccc(Cl)cc1. The Morgan fingerprint density at radius 3 is 2.37 bits per heavy atom. The highest BCUT2D eigenvalue weighted by Crippen LogP contribution is 2.24. The van der Waals surface area contributed by atoms with Gasteiger partial charge in [0.1, 0.15) is 5.70 Å². The molecule has 0 amide bonds. The number of allylic oxidation sites excluding steroid dienone is 2. The molecule has 1 aromatic rings. The summed E-state index contributed by atoms with van der Waals surface area (Å²) >= 11 is 5.62. The maximum Gasteiger partial charge on any atom is 0.431 e. The van der Waals surface area contributed by atoms with Gasteiger partial charge in [0.2, 0.25) is 0 Å². The molecule has 0 aliphatic heterocycles. The molecule has 0 unspecified atom stereocenters. The third-order valence-electron chi connectivity index (χ3n) is 2.14. The van der Waals surface area contributed by atoms with E-state index < -0.39 is 24.3 Å². The van der Waals surface area contributed by atoms with Gasteiger partial charge in [-0.2, -0.15) is 13.2 Å². The van der Waals surface area contributed by atoms with Crippen LogP contribution in [0.25, 0.3) is 0 Å². The molecule has 1 rings (SSSR count). The molecule has 0 spiro atoms. The largest absolute Gasteiger partial charge is 0.431 e. The van der Waals surface area contributed by atoms with Crippen molar-refractivity contribution in [2.75, 3.05) is 13.2 Å². The van der Waals surface area contributed by atoms with Crippen molar-refractivity contribution in [2.45, 2.75) is 6.18 Å². The zero-order valence-corrected chi connectivity index (χ0v) is 10.4. The van der Waals surface area contributed by atoms with Crippen LogP contribution < -0.4 is 5.32 Å². The molecule has 0 heterocycles. The number of carbonyl (C=O) groups is 1. The Bertz CT molecular complexity index is 469. The molecule has 3 nitrogen and oxygen atoms in total. The molecule has 0 saturated carbocycles. The molecule has 1 aromatic carbocycles. The zero-order valence-electron chi connectivity index (χ0n) is 9.67. The van der Waals surface area contributed by atoms with E-state index in [1.807, 2.05) is 5.32 Å². The summed E-state index contributed by atoms with van der Waals surface area (Å²) in [6.07, 6.45) is -4.23. The summed E-state index contributed by atoms with van der Waals surface area (Å²) in [5, 5.41) is 10.9. The number of hydrogen-bond acceptors (Lipinski definition) is 3. The Morgan fingerprint density at radius 1 is 1.32 bits per heavy atom. The van der Waals surface area contributed by atoms with Crippen LogP contribution in [0.15, 0.2) is 36.0 Å². The number of halogens is 4. The smallest absolute Gasteiger partial charge is 0.395 e. The van der Waals surface area contributed by atoms with Gasteiger partial charge in [-0.15, -0.1) is 0 Å². The normalized spacial score (nSPS) is 12.4. The van der Waals surface area contributed by atoms with Gasteiger partial charge in [0, 0.05) is 23.2 Å². The molecule has 2 N–H and O–H groups in total. The Kier molecular flexibility index (Phi) is 5.38. The Labute approximate surface area is 112 Å². The minimum Gasteiger partial charge on any atom is -0.395 e. The first-order valence-corrected chi connectivity index (χ1v) is 5.66. The molecule has 0 saturated heterocycles. The second-order valence-corrected chi connectivity index (χ2v) is 4.01. The van der Waals surface area contributed by atoms with Gasteiger partial charge >= 0.3 is 6.18 Å². The highest BCUT2D eigenvalue weighted by molar-refractivity contribution is 6.30. The van der Waals surface area contributed by atoms with Gasteiger partial charge in [-0.25, -0.2) is 0 Å². The van der Waals surface area contributed by atoms with Crippen molar-refractivity contribution >= 4 is 17.4 Å². The first kappa shape index (κ1) is 15.5. The fourth-order valence-electron chi connectivity index (χ4n) is 1.25. The number of benzene rings is 1. The predicted molar refractivity (Wildman–Crippen MR) is 65.0 cm³/mol. The molecule has 0 aromatic heterocycles. The van der Waals surface area contributed by atoms with Crippen LogP contribution in [0.1, 0.15) is 10.4 Å². The predicted octanol–water partition coefficient (Wildman–Crippen LogP) is 2.55. The summed E-state index contributed by atoms with van der Waals surface area (Å²) in [6.45, 7) is -0.762. The zero-order chi connectivity index (χ0) is 14.5. The lowest BCUT2D eigenvalue weighted by atomic mass is 10.1. The number of alkyl halides is 3. The van der Waals surface area contributed by atoms with Crippen LogP contribution in [0, 0.1) is 0 Å². The second-order valence-electron chi connectivity index (χ2n) is 3.58. The van der Waals surface area contributed by atoms with Gasteiger partial charge in [-0.3, -0.25) is 4.79 Å². The quantitative estimate of drug-likeness (QED) is 0.648. The van der Waals surface area contributed by atoms with E-state index in [4.69, 9.17) is 16.7 Å². The molecule has 0 aliphatic carbocycles. The highest BCUT2D eigenvalue weighted by Gasteiger charge is 2.34. The average Bonchev–Trinajstić information content (AvgIpc) is 2.33. The van der Waals surface area contributed by atoms with E-state index in [2.05, 4.69) is 0 Å².